The Morgan fingerprint density at radius 1 is 0.912 bits per heavy atom. The van der Waals surface area contributed by atoms with Gasteiger partial charge in [0.15, 0.2) is 0 Å². The third-order valence-electron chi connectivity index (χ3n) is 9.00. The Hall–Kier alpha value is -3.34. The molecule has 10 nitrogen and oxygen atoms in total. The first-order chi connectivity index (χ1) is 16.3. The van der Waals surface area contributed by atoms with Crippen molar-refractivity contribution in [3.63, 3.8) is 0 Å². The molecule has 0 amide bonds. The summed E-state index contributed by atoms with van der Waals surface area (Å²) in [4.78, 5) is 55.3. The number of esters is 2. The van der Waals surface area contributed by atoms with Crippen molar-refractivity contribution in [1.82, 2.24) is 0 Å². The van der Waals surface area contributed by atoms with Crippen molar-refractivity contribution in [2.24, 2.45) is 22.7 Å². The fraction of sp³-hybridized carbons (Fsp3) is 0.391. The normalized spacial score (nSPS) is 37.5. The molecule has 34 heavy (non-hydrogen) atoms. The molecule has 1 heterocycles. The van der Waals surface area contributed by atoms with E-state index in [1.807, 2.05) is 24.3 Å². The first-order valence-electron chi connectivity index (χ1n) is 10.9. The second-order valence-corrected chi connectivity index (χ2v) is 10.5. The summed E-state index contributed by atoms with van der Waals surface area (Å²) in [5.41, 5.74) is 0.00649. The van der Waals surface area contributed by atoms with Crippen LogP contribution >= 0.6 is 15.9 Å². The van der Waals surface area contributed by atoms with Gasteiger partial charge in [-0.2, -0.15) is 0 Å². The molecule has 2 aromatic rings. The Kier molecular flexibility index (Phi) is 3.55. The van der Waals surface area contributed by atoms with E-state index in [0.29, 0.717) is 24.0 Å². The molecule has 7 atom stereocenters. The van der Waals surface area contributed by atoms with Crippen molar-refractivity contribution in [2.75, 3.05) is 0 Å². The first-order valence-corrected chi connectivity index (χ1v) is 11.7. The fourth-order valence-corrected chi connectivity index (χ4v) is 8.93. The van der Waals surface area contributed by atoms with Crippen LogP contribution in [0.5, 0.6) is 0 Å². The van der Waals surface area contributed by atoms with Crippen LogP contribution in [0.4, 0.5) is 5.69 Å². The highest BCUT2D eigenvalue weighted by Crippen LogP contribution is 2.84. The molecule has 0 spiro atoms. The molecule has 3 fully saturated rings. The summed E-state index contributed by atoms with van der Waals surface area (Å²) in [6.07, 6.45) is 0.0216. The number of hydrogen-bond donors (Lipinski definition) is 0. The van der Waals surface area contributed by atoms with Crippen molar-refractivity contribution in [2.45, 2.75) is 30.8 Å². The first kappa shape index (κ1) is 20.1. The van der Waals surface area contributed by atoms with Crippen molar-refractivity contribution in [3.8, 4) is 0 Å². The molecule has 172 valence electrons. The molecule has 2 aromatic carbocycles. The maximum Gasteiger partial charge on any atom is 0.322 e. The van der Waals surface area contributed by atoms with Gasteiger partial charge in [-0.1, -0.05) is 24.3 Å². The minimum Gasteiger partial charge on any atom is -0.392 e. The van der Waals surface area contributed by atoms with Crippen LogP contribution < -0.4 is 0 Å². The standard InChI is InChI=1S/C23H15BrN2O8/c24-15-7-11-12(8-16(15)25(29)30)18-10-4-2-1-3-9(10)17(11)22-13-5-6-14(19(13)34-26(31)32)23(18,22)21(28)33-20(22)27/h1-4,7-8,13-14,17-19H,5-6H2/t13-,14+,17+,18-,19-,22-,23+/m0/s1. The van der Waals surface area contributed by atoms with E-state index < -0.39 is 62.6 Å². The summed E-state index contributed by atoms with van der Waals surface area (Å²) in [6.45, 7) is 0. The van der Waals surface area contributed by atoms with Crippen LogP contribution in [0.1, 0.15) is 46.9 Å². The second kappa shape index (κ2) is 6.01. The molecule has 0 unspecified atom stereocenters. The maximum absolute atomic E-state index is 13.7. The fourth-order valence-electron chi connectivity index (χ4n) is 8.42. The van der Waals surface area contributed by atoms with E-state index in [1.54, 1.807) is 6.07 Å². The molecular formula is C23H15BrN2O8. The van der Waals surface area contributed by atoms with Crippen molar-refractivity contribution in [3.05, 3.63) is 83.4 Å². The van der Waals surface area contributed by atoms with Gasteiger partial charge in [-0.25, -0.2) is 0 Å². The number of carbonyl (C=O) groups is 2. The van der Waals surface area contributed by atoms with Gasteiger partial charge in [-0.3, -0.25) is 19.7 Å². The van der Waals surface area contributed by atoms with E-state index >= 15 is 0 Å². The zero-order valence-electron chi connectivity index (χ0n) is 17.3. The Balaban J connectivity index is 1.62. The van der Waals surface area contributed by atoms with Crippen molar-refractivity contribution in [1.29, 1.82) is 0 Å². The summed E-state index contributed by atoms with van der Waals surface area (Å²) in [6, 6.07) is 10.6. The predicted octanol–water partition coefficient (Wildman–Crippen LogP) is 3.62. The van der Waals surface area contributed by atoms with Gasteiger partial charge >= 0.3 is 11.9 Å². The number of halogens is 1. The highest BCUT2D eigenvalue weighted by atomic mass is 79.9. The van der Waals surface area contributed by atoms with E-state index in [4.69, 9.17) is 9.57 Å². The molecule has 11 heteroatoms. The van der Waals surface area contributed by atoms with Gasteiger partial charge in [0.1, 0.15) is 16.9 Å². The summed E-state index contributed by atoms with van der Waals surface area (Å²) >= 11 is 3.30. The zero-order valence-corrected chi connectivity index (χ0v) is 18.9. The van der Waals surface area contributed by atoms with Gasteiger partial charge in [-0.05, 0) is 57.1 Å². The van der Waals surface area contributed by atoms with Crippen LogP contribution in [0.25, 0.3) is 0 Å². The molecule has 5 aliphatic carbocycles. The summed E-state index contributed by atoms with van der Waals surface area (Å²) in [5.74, 6) is -3.97. The minimum absolute atomic E-state index is 0.148. The lowest BCUT2D eigenvalue weighted by Crippen LogP contribution is -2.61. The molecule has 0 aromatic heterocycles. The second-order valence-electron chi connectivity index (χ2n) is 9.68. The Morgan fingerprint density at radius 2 is 1.44 bits per heavy atom. The Labute approximate surface area is 199 Å². The number of fused-ring (bicyclic) bond motifs is 2. The molecule has 4 bridgehead atoms. The number of hydrogen-bond acceptors (Lipinski definition) is 8. The van der Waals surface area contributed by atoms with Crippen LogP contribution in [0.3, 0.4) is 0 Å². The SMILES string of the molecule is O=C1OC(=O)[C@]23[C@@H]4c5ccccc5[C@@H](c5cc([N+](=O)[O-])c(Br)cc54)[C@]12[C@@H]1CC[C@H]3[C@@H]1O[N+](=O)[O-]. The molecule has 1 saturated heterocycles. The number of rotatable bonds is 3. The third-order valence-corrected chi connectivity index (χ3v) is 9.64. The highest BCUT2D eigenvalue weighted by Gasteiger charge is 2.90. The maximum atomic E-state index is 13.7. The molecule has 0 radical (unpaired) electrons. The van der Waals surface area contributed by atoms with E-state index in [0.717, 1.165) is 11.1 Å². The number of ether oxygens (including phenoxy) is 1. The van der Waals surface area contributed by atoms with Crippen molar-refractivity contribution < 1.29 is 29.2 Å². The number of benzene rings is 2. The Morgan fingerprint density at radius 3 is 1.94 bits per heavy atom. The molecule has 0 N–H and O–H groups in total. The molecule has 6 aliphatic rings. The van der Waals surface area contributed by atoms with Crippen LogP contribution in [-0.2, 0) is 19.2 Å². The minimum atomic E-state index is -1.42. The third kappa shape index (κ3) is 1.82. The summed E-state index contributed by atoms with van der Waals surface area (Å²) in [5, 5.41) is 22.4. The Bertz CT molecular complexity index is 1390. The summed E-state index contributed by atoms with van der Waals surface area (Å²) < 4.78 is 5.66. The number of carbonyl (C=O) groups excluding carboxylic acids is 2. The average molecular weight is 527 g/mol. The van der Waals surface area contributed by atoms with Gasteiger partial charge in [0.25, 0.3) is 10.8 Å². The topological polar surface area (TPSA) is 139 Å². The van der Waals surface area contributed by atoms with Gasteiger partial charge in [0, 0.05) is 29.7 Å². The van der Waals surface area contributed by atoms with Crippen LogP contribution in [0.15, 0.2) is 40.9 Å². The van der Waals surface area contributed by atoms with E-state index in [-0.39, 0.29) is 10.2 Å². The number of nitro groups is 1. The van der Waals surface area contributed by atoms with Gasteiger partial charge in [0.2, 0.25) is 0 Å². The van der Waals surface area contributed by atoms with E-state index in [1.165, 1.54) is 6.07 Å². The van der Waals surface area contributed by atoms with Crippen molar-refractivity contribution >= 4 is 33.6 Å². The lowest BCUT2D eigenvalue weighted by Gasteiger charge is -2.59. The molecule has 2 saturated carbocycles. The van der Waals surface area contributed by atoms with Crippen LogP contribution in [0.2, 0.25) is 0 Å². The molecular weight excluding hydrogens is 512 g/mol. The number of cyclic esters (lactones) is 2. The smallest absolute Gasteiger partial charge is 0.322 e. The lowest BCUT2D eigenvalue weighted by molar-refractivity contribution is -0.771. The summed E-state index contributed by atoms with van der Waals surface area (Å²) in [7, 11) is 0. The van der Waals surface area contributed by atoms with E-state index in [9.17, 15) is 29.8 Å². The van der Waals surface area contributed by atoms with Crippen LogP contribution in [-0.4, -0.2) is 28.1 Å². The average Bonchev–Trinajstić information content (AvgIpc) is 3.38. The zero-order chi connectivity index (χ0) is 23.7. The number of nitrogens with zero attached hydrogens (tertiary/aromatic N) is 2. The predicted molar refractivity (Wildman–Crippen MR) is 115 cm³/mol. The highest BCUT2D eigenvalue weighted by molar-refractivity contribution is 9.10. The lowest BCUT2D eigenvalue weighted by atomic mass is 9.38. The van der Waals surface area contributed by atoms with Gasteiger partial charge < -0.3 is 9.57 Å². The van der Waals surface area contributed by atoms with Gasteiger partial charge in [0.05, 0.1) is 9.40 Å². The number of nitro benzene ring substituents is 1. The monoisotopic (exact) mass is 526 g/mol. The quantitative estimate of drug-likeness (QED) is 0.255. The molecule has 1 aliphatic heterocycles. The largest absolute Gasteiger partial charge is 0.392 e. The molecule has 8 rings (SSSR count). The van der Waals surface area contributed by atoms with Crippen LogP contribution in [0, 0.1) is 42.9 Å². The van der Waals surface area contributed by atoms with Gasteiger partial charge in [-0.15, -0.1) is 10.1 Å². The van der Waals surface area contributed by atoms with E-state index in [2.05, 4.69) is 15.9 Å².